The van der Waals surface area contributed by atoms with Crippen LogP contribution in [0.3, 0.4) is 0 Å². The summed E-state index contributed by atoms with van der Waals surface area (Å²) in [6.45, 7) is 6.54. The van der Waals surface area contributed by atoms with Crippen LogP contribution in [0.5, 0.6) is 0 Å². The Labute approximate surface area is 77.0 Å². The van der Waals surface area contributed by atoms with Gasteiger partial charge >= 0.3 is 0 Å². The molecule has 0 fully saturated rings. The Hall–Kier alpha value is 0.0748. The van der Waals surface area contributed by atoms with Crippen molar-refractivity contribution >= 4 is 22.4 Å². The lowest BCUT2D eigenvalue weighted by Crippen LogP contribution is -2.27. The fourth-order valence-corrected chi connectivity index (χ4v) is 0.726. The first-order valence-electron chi connectivity index (χ1n) is 4.07. The average Bonchev–Trinajstić information content (AvgIpc) is 2.10. The van der Waals surface area contributed by atoms with E-state index in [4.69, 9.17) is 14.0 Å². The molecule has 65 valence electrons. The summed E-state index contributed by atoms with van der Waals surface area (Å²) in [6.07, 6.45) is -0.0256. The van der Waals surface area contributed by atoms with E-state index in [1.165, 1.54) is 0 Å². The van der Waals surface area contributed by atoms with Crippen LogP contribution in [0.25, 0.3) is 0 Å². The zero-order valence-corrected chi connectivity index (χ0v) is 7.95. The summed E-state index contributed by atoms with van der Waals surface area (Å²) < 4.78 is 15.4. The summed E-state index contributed by atoms with van der Waals surface area (Å²) >= 11 is 0. The standard InChI is InChI=1S/C6H14B3O3/c1-7-10-4-6(12-9-3)5-11-8-2/h6H,4-5H2,1-3H3. The molecule has 0 heterocycles. The van der Waals surface area contributed by atoms with Crippen molar-refractivity contribution in [3.8, 4) is 0 Å². The van der Waals surface area contributed by atoms with Crippen LogP contribution in [-0.4, -0.2) is 41.8 Å². The molecule has 0 rings (SSSR count). The molecule has 0 N–H and O–H groups in total. The van der Waals surface area contributed by atoms with E-state index in [0.29, 0.717) is 13.2 Å². The summed E-state index contributed by atoms with van der Waals surface area (Å²) in [7, 11) is 4.92. The molecule has 0 spiro atoms. The minimum absolute atomic E-state index is 0.0256. The molecule has 0 aromatic rings. The van der Waals surface area contributed by atoms with Gasteiger partial charge in [0.05, 0.1) is 19.3 Å². The third kappa shape index (κ3) is 6.76. The van der Waals surface area contributed by atoms with Gasteiger partial charge in [-0.1, -0.05) is 20.5 Å². The van der Waals surface area contributed by atoms with E-state index in [1.807, 2.05) is 20.5 Å². The molecule has 6 heteroatoms. The lowest BCUT2D eigenvalue weighted by atomic mass is 10.1. The SMILES string of the molecule is C[B]OCC(CO[B]C)O[B]C. The highest BCUT2D eigenvalue weighted by Crippen LogP contribution is 1.93. The van der Waals surface area contributed by atoms with Crippen LogP contribution in [0.15, 0.2) is 0 Å². The third-order valence-corrected chi connectivity index (χ3v) is 1.23. The van der Waals surface area contributed by atoms with E-state index >= 15 is 0 Å². The van der Waals surface area contributed by atoms with Crippen LogP contribution in [-0.2, 0) is 14.0 Å². The molecule has 0 aliphatic rings. The molecule has 0 saturated heterocycles. The van der Waals surface area contributed by atoms with Gasteiger partial charge in [-0.05, 0) is 0 Å². The van der Waals surface area contributed by atoms with Crippen LogP contribution in [0.1, 0.15) is 0 Å². The first-order chi connectivity index (χ1) is 5.85. The summed E-state index contributed by atoms with van der Waals surface area (Å²) in [5.41, 5.74) is 0. The molecule has 0 aliphatic heterocycles. The molecule has 0 aromatic heterocycles. The van der Waals surface area contributed by atoms with Crippen LogP contribution in [0, 0.1) is 0 Å². The summed E-state index contributed by atoms with van der Waals surface area (Å²) in [5, 5.41) is 0. The highest BCUT2D eigenvalue weighted by atomic mass is 16.5. The molecule has 0 aromatic carbocycles. The minimum Gasteiger partial charge on any atom is -0.438 e. The first-order valence-corrected chi connectivity index (χ1v) is 4.07. The zero-order valence-electron chi connectivity index (χ0n) is 7.95. The fraction of sp³-hybridized carbons (Fsp3) is 1.00. The van der Waals surface area contributed by atoms with E-state index in [-0.39, 0.29) is 6.10 Å². The molecule has 3 nitrogen and oxygen atoms in total. The Kier molecular flexibility index (Phi) is 9.22. The lowest BCUT2D eigenvalue weighted by molar-refractivity contribution is 0.0894. The molecule has 0 saturated carbocycles. The minimum atomic E-state index is -0.0256. The molecule has 0 aliphatic carbocycles. The largest absolute Gasteiger partial charge is 0.438 e. The van der Waals surface area contributed by atoms with E-state index in [1.54, 1.807) is 22.4 Å². The molecule has 3 radical (unpaired) electrons. The monoisotopic (exact) mass is 167 g/mol. The van der Waals surface area contributed by atoms with E-state index in [2.05, 4.69) is 0 Å². The van der Waals surface area contributed by atoms with E-state index < -0.39 is 0 Å². The Morgan fingerprint density at radius 2 is 1.42 bits per heavy atom. The van der Waals surface area contributed by atoms with Gasteiger partial charge in [0.2, 0.25) is 0 Å². The summed E-state index contributed by atoms with van der Waals surface area (Å²) in [5.74, 6) is 0. The van der Waals surface area contributed by atoms with Crippen molar-refractivity contribution in [2.75, 3.05) is 13.2 Å². The Balaban J connectivity index is 3.40. The number of hydrogen-bond donors (Lipinski definition) is 0. The van der Waals surface area contributed by atoms with Crippen LogP contribution in [0.4, 0.5) is 0 Å². The second kappa shape index (κ2) is 9.17. The molecule has 0 amide bonds. The normalized spacial score (nSPS) is 10.0. The van der Waals surface area contributed by atoms with Crippen molar-refractivity contribution in [1.29, 1.82) is 0 Å². The highest BCUT2D eigenvalue weighted by molar-refractivity contribution is 6.25. The molecule has 12 heavy (non-hydrogen) atoms. The van der Waals surface area contributed by atoms with E-state index in [0.717, 1.165) is 0 Å². The smallest absolute Gasteiger partial charge is 0.289 e. The van der Waals surface area contributed by atoms with Gasteiger partial charge in [-0.15, -0.1) is 0 Å². The number of hydrogen-bond acceptors (Lipinski definition) is 3. The average molecular weight is 167 g/mol. The summed E-state index contributed by atoms with van der Waals surface area (Å²) in [4.78, 5) is 0. The molecule has 0 unspecified atom stereocenters. The topological polar surface area (TPSA) is 27.7 Å². The molecule has 0 bridgehead atoms. The van der Waals surface area contributed by atoms with Crippen molar-refractivity contribution in [1.82, 2.24) is 0 Å². The van der Waals surface area contributed by atoms with Gasteiger partial charge < -0.3 is 14.0 Å². The first kappa shape index (κ1) is 12.1. The maximum atomic E-state index is 5.23. The van der Waals surface area contributed by atoms with Gasteiger partial charge in [0.25, 0.3) is 22.4 Å². The third-order valence-electron chi connectivity index (χ3n) is 1.23. The van der Waals surface area contributed by atoms with Gasteiger partial charge in [-0.3, -0.25) is 0 Å². The molecular formula is C6H14B3O3. The summed E-state index contributed by atoms with van der Waals surface area (Å²) in [6, 6.07) is 0. The van der Waals surface area contributed by atoms with Gasteiger partial charge in [-0.25, -0.2) is 0 Å². The van der Waals surface area contributed by atoms with Gasteiger partial charge in [0.1, 0.15) is 0 Å². The molecule has 0 atom stereocenters. The zero-order chi connectivity index (χ0) is 9.23. The predicted octanol–water partition coefficient (Wildman–Crippen LogP) is 0.407. The van der Waals surface area contributed by atoms with Crippen LogP contribution < -0.4 is 0 Å². The lowest BCUT2D eigenvalue weighted by Gasteiger charge is -2.16. The Morgan fingerprint density at radius 1 is 0.917 bits per heavy atom. The molecular weight excluding hydrogens is 152 g/mol. The number of rotatable bonds is 8. The second-order valence-corrected chi connectivity index (χ2v) is 2.13. The van der Waals surface area contributed by atoms with E-state index in [9.17, 15) is 0 Å². The maximum Gasteiger partial charge on any atom is 0.289 e. The van der Waals surface area contributed by atoms with Crippen molar-refractivity contribution < 1.29 is 14.0 Å². The van der Waals surface area contributed by atoms with Gasteiger partial charge in [-0.2, -0.15) is 0 Å². The van der Waals surface area contributed by atoms with Crippen LogP contribution >= 0.6 is 0 Å². The quantitative estimate of drug-likeness (QED) is 0.489. The van der Waals surface area contributed by atoms with Crippen molar-refractivity contribution in [2.45, 2.75) is 26.6 Å². The Morgan fingerprint density at radius 3 is 1.75 bits per heavy atom. The van der Waals surface area contributed by atoms with Gasteiger partial charge in [0.15, 0.2) is 0 Å². The van der Waals surface area contributed by atoms with Gasteiger partial charge in [0, 0.05) is 0 Å². The van der Waals surface area contributed by atoms with Crippen molar-refractivity contribution in [2.24, 2.45) is 0 Å². The van der Waals surface area contributed by atoms with Crippen LogP contribution in [0.2, 0.25) is 20.5 Å². The fourth-order valence-electron chi connectivity index (χ4n) is 0.726. The van der Waals surface area contributed by atoms with Crippen molar-refractivity contribution in [3.63, 3.8) is 0 Å². The maximum absolute atomic E-state index is 5.23. The Bertz CT molecular complexity index is 86.1. The highest BCUT2D eigenvalue weighted by Gasteiger charge is 2.07. The second-order valence-electron chi connectivity index (χ2n) is 2.13. The predicted molar refractivity (Wildman–Crippen MR) is 51.6 cm³/mol. The van der Waals surface area contributed by atoms with Crippen molar-refractivity contribution in [3.05, 3.63) is 0 Å².